The van der Waals surface area contributed by atoms with Crippen LogP contribution in [0.25, 0.3) is 11.3 Å². The number of ether oxygens (including phenoxy) is 2. The Morgan fingerprint density at radius 3 is 2.59 bits per heavy atom. The summed E-state index contributed by atoms with van der Waals surface area (Å²) in [6.07, 6.45) is 7.33. The van der Waals surface area contributed by atoms with Gasteiger partial charge in [-0.3, -0.25) is 9.78 Å². The van der Waals surface area contributed by atoms with Crippen molar-refractivity contribution in [2.75, 3.05) is 0 Å². The SMILES string of the molecule is CC.C[C@@H]1C2CC[C@@]3(C)Oc4cc(-c5cccnc5)oc(=O)c4[C@H](O)C3[C@@]2(C)CC[C@@H]1OC(=O)C1CC1. The number of hydrogen-bond acceptors (Lipinski definition) is 7. The van der Waals surface area contributed by atoms with Gasteiger partial charge in [0.1, 0.15) is 28.8 Å². The van der Waals surface area contributed by atoms with E-state index in [0.717, 1.165) is 38.5 Å². The van der Waals surface area contributed by atoms with Crippen LogP contribution in [-0.2, 0) is 9.53 Å². The molecule has 1 aliphatic heterocycles. The van der Waals surface area contributed by atoms with Gasteiger partial charge in [0.2, 0.25) is 0 Å². The molecule has 37 heavy (non-hydrogen) atoms. The first-order valence-electron chi connectivity index (χ1n) is 13.9. The Labute approximate surface area is 218 Å². The molecule has 0 spiro atoms. The fourth-order valence-corrected chi connectivity index (χ4v) is 7.48. The van der Waals surface area contributed by atoms with Crippen molar-refractivity contribution >= 4 is 5.97 Å². The fourth-order valence-electron chi connectivity index (χ4n) is 7.48. The van der Waals surface area contributed by atoms with Crippen molar-refractivity contribution in [3.05, 3.63) is 46.6 Å². The second kappa shape index (κ2) is 9.57. The van der Waals surface area contributed by atoms with Gasteiger partial charge >= 0.3 is 11.6 Å². The van der Waals surface area contributed by atoms with Gasteiger partial charge in [0.25, 0.3) is 0 Å². The number of nitrogens with zero attached hydrogens (tertiary/aromatic N) is 1. The van der Waals surface area contributed by atoms with E-state index < -0.39 is 17.3 Å². The Bertz CT molecular complexity index is 1210. The maximum atomic E-state index is 13.1. The number of pyridine rings is 1. The molecule has 6 rings (SSSR count). The molecule has 3 saturated carbocycles. The molecule has 7 atom stereocenters. The van der Waals surface area contributed by atoms with Gasteiger partial charge in [0.15, 0.2) is 0 Å². The van der Waals surface area contributed by atoms with E-state index in [-0.39, 0.29) is 46.7 Å². The molecule has 200 valence electrons. The largest absolute Gasteiger partial charge is 0.486 e. The van der Waals surface area contributed by atoms with Crippen LogP contribution in [0.4, 0.5) is 0 Å². The Kier molecular flexibility index (Phi) is 6.71. The first-order chi connectivity index (χ1) is 17.7. The number of aromatic nitrogens is 1. The Morgan fingerprint density at radius 1 is 1.16 bits per heavy atom. The Balaban J connectivity index is 0.00000137. The van der Waals surface area contributed by atoms with Crippen molar-refractivity contribution in [1.29, 1.82) is 0 Å². The maximum absolute atomic E-state index is 13.1. The molecule has 1 N–H and O–H groups in total. The summed E-state index contributed by atoms with van der Waals surface area (Å²) in [6.45, 7) is 10.5. The van der Waals surface area contributed by atoms with Crippen LogP contribution in [0.5, 0.6) is 5.75 Å². The summed E-state index contributed by atoms with van der Waals surface area (Å²) in [7, 11) is 0. The van der Waals surface area contributed by atoms with Crippen LogP contribution < -0.4 is 10.4 Å². The molecule has 0 radical (unpaired) electrons. The highest BCUT2D eigenvalue weighted by Gasteiger charge is 2.63. The predicted octanol–water partition coefficient (Wildman–Crippen LogP) is 5.70. The lowest BCUT2D eigenvalue weighted by Crippen LogP contribution is -2.63. The van der Waals surface area contributed by atoms with Crippen LogP contribution in [0.15, 0.2) is 39.8 Å². The summed E-state index contributed by atoms with van der Waals surface area (Å²) in [5, 5.41) is 11.7. The van der Waals surface area contributed by atoms with Crippen LogP contribution in [0, 0.1) is 29.1 Å². The third kappa shape index (κ3) is 4.29. The number of aliphatic hydroxyl groups excluding tert-OH is 1. The van der Waals surface area contributed by atoms with Gasteiger partial charge < -0.3 is 19.0 Å². The van der Waals surface area contributed by atoms with E-state index in [1.54, 1.807) is 24.5 Å². The van der Waals surface area contributed by atoms with Crippen molar-refractivity contribution in [2.24, 2.45) is 29.1 Å². The molecule has 7 nitrogen and oxygen atoms in total. The second-order valence-electron chi connectivity index (χ2n) is 11.6. The van der Waals surface area contributed by atoms with E-state index >= 15 is 0 Å². The smallest absolute Gasteiger partial charge is 0.345 e. The lowest BCUT2D eigenvalue weighted by molar-refractivity contribution is -0.208. The lowest BCUT2D eigenvalue weighted by Gasteiger charge is -2.62. The second-order valence-corrected chi connectivity index (χ2v) is 11.6. The molecule has 3 fully saturated rings. The van der Waals surface area contributed by atoms with E-state index in [0.29, 0.717) is 17.1 Å². The zero-order chi connectivity index (χ0) is 26.5. The van der Waals surface area contributed by atoms with Crippen LogP contribution in [-0.4, -0.2) is 27.8 Å². The Hall–Kier alpha value is -2.67. The van der Waals surface area contributed by atoms with E-state index in [9.17, 15) is 14.7 Å². The Morgan fingerprint density at radius 2 is 1.92 bits per heavy atom. The average Bonchev–Trinajstić information content (AvgIpc) is 3.72. The van der Waals surface area contributed by atoms with E-state index in [4.69, 9.17) is 13.9 Å². The van der Waals surface area contributed by atoms with E-state index in [2.05, 4.69) is 25.8 Å². The first-order valence-corrected chi connectivity index (χ1v) is 13.9. The van der Waals surface area contributed by atoms with Crippen molar-refractivity contribution in [1.82, 2.24) is 4.98 Å². The van der Waals surface area contributed by atoms with Crippen molar-refractivity contribution < 1.29 is 23.8 Å². The number of aliphatic hydroxyl groups is 1. The molecule has 0 saturated heterocycles. The normalized spacial score (nSPS) is 36.0. The van der Waals surface area contributed by atoms with Gasteiger partial charge in [-0.15, -0.1) is 0 Å². The van der Waals surface area contributed by atoms with Crippen molar-refractivity contribution in [3.63, 3.8) is 0 Å². The lowest BCUT2D eigenvalue weighted by atomic mass is 9.47. The zero-order valence-electron chi connectivity index (χ0n) is 22.5. The summed E-state index contributed by atoms with van der Waals surface area (Å²) in [6, 6.07) is 5.32. The number of carbonyl (C=O) groups excluding carboxylic acids is 1. The van der Waals surface area contributed by atoms with Gasteiger partial charge in [0.05, 0.1) is 12.0 Å². The number of fused-ring (bicyclic) bond motifs is 4. The minimum atomic E-state index is -0.992. The standard InChI is InChI=1S/C28H33NO6.C2H6/c1-15-18-8-11-28(3)24(27(18,2)10-9-19(15)33-25(31)16-6-7-16)23(30)22-21(35-28)13-20(34-26(22)32)17-5-4-12-29-14-17;1-2/h4-5,12-16,18-19,23-24,30H,6-11H2,1-3H3;1-2H3/t15-,18?,19+,23+,24?,27+,28-;/m1./s1. The minimum Gasteiger partial charge on any atom is -0.486 e. The quantitative estimate of drug-likeness (QED) is 0.530. The number of carbonyl (C=O) groups is 1. The van der Waals surface area contributed by atoms with Crippen LogP contribution >= 0.6 is 0 Å². The molecule has 0 aromatic carbocycles. The zero-order valence-corrected chi connectivity index (χ0v) is 22.5. The van der Waals surface area contributed by atoms with Crippen molar-refractivity contribution in [2.45, 2.75) is 91.0 Å². The molecule has 0 bridgehead atoms. The molecule has 0 amide bonds. The third-order valence-electron chi connectivity index (χ3n) is 9.38. The highest BCUT2D eigenvalue weighted by Crippen LogP contribution is 2.64. The van der Waals surface area contributed by atoms with Gasteiger partial charge in [-0.25, -0.2) is 4.79 Å². The fraction of sp³-hybridized carbons (Fsp3) is 0.633. The molecule has 2 aromatic heterocycles. The monoisotopic (exact) mass is 509 g/mol. The first kappa shape index (κ1) is 26.0. The molecule has 2 unspecified atom stereocenters. The van der Waals surface area contributed by atoms with Crippen molar-refractivity contribution in [3.8, 4) is 17.1 Å². The molecule has 3 heterocycles. The highest BCUT2D eigenvalue weighted by molar-refractivity contribution is 5.75. The topological polar surface area (TPSA) is 98.9 Å². The summed E-state index contributed by atoms with van der Waals surface area (Å²) in [5.74, 6) is 0.980. The predicted molar refractivity (Wildman–Crippen MR) is 139 cm³/mol. The summed E-state index contributed by atoms with van der Waals surface area (Å²) in [4.78, 5) is 29.6. The van der Waals surface area contributed by atoms with Crippen LogP contribution in [0.3, 0.4) is 0 Å². The average molecular weight is 510 g/mol. The number of rotatable bonds is 3. The van der Waals surface area contributed by atoms with Gasteiger partial charge in [-0.1, -0.05) is 27.7 Å². The van der Waals surface area contributed by atoms with Gasteiger partial charge in [-0.05, 0) is 74.8 Å². The van der Waals surface area contributed by atoms with E-state index in [1.807, 2.05) is 19.9 Å². The van der Waals surface area contributed by atoms with E-state index in [1.165, 1.54) is 0 Å². The van der Waals surface area contributed by atoms with Crippen LogP contribution in [0.1, 0.15) is 84.8 Å². The molecular weight excluding hydrogens is 470 g/mol. The number of hydrogen-bond donors (Lipinski definition) is 1. The van der Waals surface area contributed by atoms with Gasteiger partial charge in [-0.2, -0.15) is 0 Å². The maximum Gasteiger partial charge on any atom is 0.345 e. The number of esters is 1. The molecule has 2 aromatic rings. The minimum absolute atomic E-state index is 0.0527. The molecule has 3 aliphatic carbocycles. The summed E-state index contributed by atoms with van der Waals surface area (Å²) in [5.41, 5.74) is -0.560. The molecule has 7 heteroatoms. The summed E-state index contributed by atoms with van der Waals surface area (Å²) >= 11 is 0. The third-order valence-corrected chi connectivity index (χ3v) is 9.38. The van der Waals surface area contributed by atoms with Crippen LogP contribution in [0.2, 0.25) is 0 Å². The molecule has 4 aliphatic rings. The molecular formula is C30H39NO6. The highest BCUT2D eigenvalue weighted by atomic mass is 16.5. The summed E-state index contributed by atoms with van der Waals surface area (Å²) < 4.78 is 18.2. The van der Waals surface area contributed by atoms with Gasteiger partial charge in [0, 0.05) is 29.9 Å².